The average Bonchev–Trinajstić information content (AvgIpc) is 2.70. The summed E-state index contributed by atoms with van der Waals surface area (Å²) in [5.74, 6) is 1.60. The summed E-state index contributed by atoms with van der Waals surface area (Å²) < 4.78 is 19.8. The molecule has 0 amide bonds. The summed E-state index contributed by atoms with van der Waals surface area (Å²) in [5.41, 5.74) is 0. The van der Waals surface area contributed by atoms with Crippen LogP contribution in [0.25, 0.3) is 0 Å². The third kappa shape index (κ3) is 5.99. The first-order chi connectivity index (χ1) is 12.9. The van der Waals surface area contributed by atoms with E-state index < -0.39 is 17.1 Å². The van der Waals surface area contributed by atoms with Crippen LogP contribution >= 0.6 is 23.2 Å². The van der Waals surface area contributed by atoms with Crippen LogP contribution in [0.1, 0.15) is 27.7 Å². The minimum Gasteiger partial charge on any atom is -0.521 e. The lowest BCUT2D eigenvalue weighted by atomic mass is 10.3. The van der Waals surface area contributed by atoms with Gasteiger partial charge in [-0.25, -0.2) is 0 Å². The molecule has 3 nitrogen and oxygen atoms in total. The zero-order valence-electron chi connectivity index (χ0n) is 16.4. The zero-order chi connectivity index (χ0) is 19.9. The number of hydrogen-bond donors (Lipinski definition) is 0. The molecule has 0 aliphatic heterocycles. The van der Waals surface area contributed by atoms with E-state index in [-0.39, 0.29) is 0 Å². The largest absolute Gasteiger partial charge is 0.521 e. The Kier molecular flexibility index (Phi) is 8.25. The molecule has 148 valence electrons. The Morgan fingerprint density at radius 3 is 1.15 bits per heavy atom. The molecule has 0 heterocycles. The van der Waals surface area contributed by atoms with E-state index in [4.69, 9.17) is 36.2 Å². The normalized spacial score (nSPS) is 12.1. The van der Waals surface area contributed by atoms with E-state index in [9.17, 15) is 0 Å². The summed E-state index contributed by atoms with van der Waals surface area (Å²) >= 11 is 12.0. The van der Waals surface area contributed by atoms with Gasteiger partial charge in [0.05, 0.1) is 0 Å². The van der Waals surface area contributed by atoms with E-state index in [0.717, 1.165) is 35.7 Å². The molecule has 2 aromatic carbocycles. The second kappa shape index (κ2) is 9.98. The number of benzene rings is 2. The highest BCUT2D eigenvalue weighted by Crippen LogP contribution is 2.32. The lowest BCUT2D eigenvalue weighted by Gasteiger charge is -2.39. The molecule has 0 bridgehead atoms. The van der Waals surface area contributed by atoms with Crippen LogP contribution in [-0.4, -0.2) is 17.1 Å². The van der Waals surface area contributed by atoms with E-state index in [2.05, 4.69) is 27.7 Å². The summed E-state index contributed by atoms with van der Waals surface area (Å²) in [6.07, 6.45) is 0. The van der Waals surface area contributed by atoms with Crippen LogP contribution in [0.15, 0.2) is 48.5 Å². The quantitative estimate of drug-likeness (QED) is 0.357. The fourth-order valence-electron chi connectivity index (χ4n) is 2.89. The van der Waals surface area contributed by atoms with Gasteiger partial charge < -0.3 is 13.0 Å². The van der Waals surface area contributed by atoms with Crippen LogP contribution < -0.4 is 8.85 Å². The van der Waals surface area contributed by atoms with Crippen LogP contribution in [0.4, 0.5) is 0 Å². The maximum Gasteiger partial charge on any atom is 0.390 e. The first kappa shape index (κ1) is 22.3. The van der Waals surface area contributed by atoms with Crippen molar-refractivity contribution in [3.63, 3.8) is 0 Å². The molecule has 0 fully saturated rings. The fourth-order valence-corrected chi connectivity index (χ4v) is 11.2. The molecule has 0 aliphatic carbocycles. The Labute approximate surface area is 175 Å². The van der Waals surface area contributed by atoms with Crippen LogP contribution in [0.5, 0.6) is 11.5 Å². The summed E-state index contributed by atoms with van der Waals surface area (Å²) in [6, 6.07) is 18.4. The van der Waals surface area contributed by atoms with Crippen LogP contribution in [0, 0.1) is 0 Å². The first-order valence-corrected chi connectivity index (χ1v) is 14.7. The minimum absolute atomic E-state index is 0.695. The third-order valence-corrected chi connectivity index (χ3v) is 13.8. The maximum absolute atomic E-state index is 6.86. The Bertz CT molecular complexity index is 639. The summed E-state index contributed by atoms with van der Waals surface area (Å²) in [5, 5.41) is 1.39. The van der Waals surface area contributed by atoms with Crippen molar-refractivity contribution >= 4 is 40.3 Å². The van der Waals surface area contributed by atoms with Crippen molar-refractivity contribution in [2.24, 2.45) is 0 Å². The van der Waals surface area contributed by atoms with Gasteiger partial charge in [0.15, 0.2) is 0 Å². The Balaban J connectivity index is 2.27. The lowest BCUT2D eigenvalue weighted by molar-refractivity contribution is 0.311. The second-order valence-corrected chi connectivity index (χ2v) is 15.0. The van der Waals surface area contributed by atoms with Gasteiger partial charge in [0.2, 0.25) is 0 Å². The summed E-state index contributed by atoms with van der Waals surface area (Å²) in [4.78, 5) is 0. The van der Waals surface area contributed by atoms with Crippen molar-refractivity contribution in [2.75, 3.05) is 0 Å². The van der Waals surface area contributed by atoms with Crippen molar-refractivity contribution in [3.8, 4) is 11.5 Å². The first-order valence-electron chi connectivity index (χ1n) is 9.49. The number of rotatable bonds is 10. The summed E-state index contributed by atoms with van der Waals surface area (Å²) in [6.45, 7) is 8.55. The molecule has 0 N–H and O–H groups in total. The van der Waals surface area contributed by atoms with E-state index in [1.54, 1.807) is 0 Å². The van der Waals surface area contributed by atoms with Gasteiger partial charge in [0.25, 0.3) is 0 Å². The van der Waals surface area contributed by atoms with E-state index in [0.29, 0.717) is 10.0 Å². The van der Waals surface area contributed by atoms with Crippen molar-refractivity contribution in [1.82, 2.24) is 0 Å². The van der Waals surface area contributed by atoms with Crippen LogP contribution in [0.2, 0.25) is 34.2 Å². The Hall–Kier alpha value is -0.986. The monoisotopic (exact) mass is 442 g/mol. The topological polar surface area (TPSA) is 27.7 Å². The molecule has 0 radical (unpaired) electrons. The van der Waals surface area contributed by atoms with Gasteiger partial charge in [-0.05, 0) is 72.7 Å². The van der Waals surface area contributed by atoms with Crippen LogP contribution in [-0.2, 0) is 4.12 Å². The molecule has 0 saturated carbocycles. The third-order valence-electron chi connectivity index (χ3n) is 4.76. The van der Waals surface area contributed by atoms with Gasteiger partial charge in [0.1, 0.15) is 11.5 Å². The van der Waals surface area contributed by atoms with Gasteiger partial charge in [-0.15, -0.1) is 0 Å². The van der Waals surface area contributed by atoms with Gasteiger partial charge in [-0.2, -0.15) is 0 Å². The fraction of sp³-hybridized carbons (Fsp3) is 0.400. The predicted molar refractivity (Wildman–Crippen MR) is 119 cm³/mol. The van der Waals surface area contributed by atoms with Crippen molar-refractivity contribution in [3.05, 3.63) is 58.6 Å². The van der Waals surface area contributed by atoms with Crippen molar-refractivity contribution in [2.45, 2.75) is 51.9 Å². The summed E-state index contributed by atoms with van der Waals surface area (Å²) in [7, 11) is -4.95. The SMILES string of the molecule is CC[Si](CC)(Oc1ccc(Cl)cc1)O[Si](CC)(CC)Oc1ccc(Cl)cc1. The molecule has 7 heteroatoms. The highest BCUT2D eigenvalue weighted by Gasteiger charge is 2.48. The van der Waals surface area contributed by atoms with Gasteiger partial charge >= 0.3 is 17.1 Å². The van der Waals surface area contributed by atoms with E-state index >= 15 is 0 Å². The van der Waals surface area contributed by atoms with Crippen molar-refractivity contribution < 1.29 is 13.0 Å². The molecule has 2 aromatic rings. The van der Waals surface area contributed by atoms with Crippen LogP contribution in [0.3, 0.4) is 0 Å². The molecule has 0 saturated heterocycles. The minimum atomic E-state index is -2.48. The smallest absolute Gasteiger partial charge is 0.390 e. The Morgan fingerprint density at radius 2 is 0.889 bits per heavy atom. The van der Waals surface area contributed by atoms with Gasteiger partial charge in [-0.1, -0.05) is 50.9 Å². The number of hydrogen-bond acceptors (Lipinski definition) is 3. The van der Waals surface area contributed by atoms with Gasteiger partial charge in [-0.3, -0.25) is 0 Å². The molecule has 0 aromatic heterocycles. The second-order valence-electron chi connectivity index (χ2n) is 6.45. The maximum atomic E-state index is 6.86. The molecule has 0 atom stereocenters. The highest BCUT2D eigenvalue weighted by molar-refractivity contribution is 6.81. The highest BCUT2D eigenvalue weighted by atomic mass is 35.5. The molecular formula is C20H28Cl2O3Si2. The average molecular weight is 444 g/mol. The zero-order valence-corrected chi connectivity index (χ0v) is 19.9. The Morgan fingerprint density at radius 1 is 0.593 bits per heavy atom. The molecule has 0 spiro atoms. The van der Waals surface area contributed by atoms with Gasteiger partial charge in [0, 0.05) is 10.0 Å². The van der Waals surface area contributed by atoms with E-state index in [1.165, 1.54) is 0 Å². The number of halogens is 2. The predicted octanol–water partition coefficient (Wildman–Crippen LogP) is 7.43. The molecule has 2 rings (SSSR count). The molecule has 0 unspecified atom stereocenters. The van der Waals surface area contributed by atoms with E-state index in [1.807, 2.05) is 48.5 Å². The lowest BCUT2D eigenvalue weighted by Crippen LogP contribution is -2.57. The van der Waals surface area contributed by atoms with Crippen molar-refractivity contribution in [1.29, 1.82) is 0 Å². The molecular weight excluding hydrogens is 415 g/mol. The molecule has 0 aliphatic rings. The standard InChI is InChI=1S/C20H28Cl2O3Si2/c1-5-26(6-2,23-19-13-9-17(21)10-14-19)25-27(7-3,8-4)24-20-15-11-18(22)12-16-20/h9-16H,5-8H2,1-4H3. The molecule has 27 heavy (non-hydrogen) atoms.